The molecular formula is C17H15NO2. The number of pyridine rings is 1. The van der Waals surface area contributed by atoms with E-state index in [2.05, 4.69) is 18.2 Å². The molecule has 0 saturated carbocycles. The molecule has 0 saturated heterocycles. The molecule has 1 aromatic heterocycles. The van der Waals surface area contributed by atoms with E-state index in [0.717, 1.165) is 41.4 Å². The minimum Gasteiger partial charge on any atom is -0.497 e. The van der Waals surface area contributed by atoms with E-state index in [1.807, 2.05) is 22.8 Å². The van der Waals surface area contributed by atoms with Crippen molar-refractivity contribution >= 4 is 21.7 Å². The summed E-state index contributed by atoms with van der Waals surface area (Å²) < 4.78 is 7.18. The molecule has 2 aromatic carbocycles. The first kappa shape index (κ1) is 11.5. The van der Waals surface area contributed by atoms with E-state index < -0.39 is 0 Å². The van der Waals surface area contributed by atoms with Crippen LogP contribution in [0.15, 0.2) is 41.2 Å². The van der Waals surface area contributed by atoms with Crippen molar-refractivity contribution in [2.75, 3.05) is 7.11 Å². The van der Waals surface area contributed by atoms with Crippen LogP contribution in [0.2, 0.25) is 0 Å². The molecule has 0 fully saturated rings. The number of fused-ring (bicyclic) bond motifs is 2. The van der Waals surface area contributed by atoms with Gasteiger partial charge in [-0.2, -0.15) is 0 Å². The number of hydrogen-bond donors (Lipinski definition) is 0. The molecule has 1 aliphatic heterocycles. The number of ether oxygens (including phenoxy) is 1. The summed E-state index contributed by atoms with van der Waals surface area (Å²) in [6, 6.07) is 12.1. The predicted octanol–water partition coefficient (Wildman–Crippen LogP) is 3.11. The fraction of sp³-hybridized carbons (Fsp3) is 0.235. The highest BCUT2D eigenvalue weighted by Gasteiger charge is 2.17. The van der Waals surface area contributed by atoms with E-state index >= 15 is 0 Å². The normalized spacial score (nSPS) is 13.8. The van der Waals surface area contributed by atoms with Gasteiger partial charge in [-0.15, -0.1) is 0 Å². The predicted molar refractivity (Wildman–Crippen MR) is 80.6 cm³/mol. The van der Waals surface area contributed by atoms with Gasteiger partial charge in [0.05, 0.1) is 18.0 Å². The first-order valence-electron chi connectivity index (χ1n) is 6.92. The van der Waals surface area contributed by atoms with Crippen LogP contribution >= 0.6 is 0 Å². The summed E-state index contributed by atoms with van der Waals surface area (Å²) in [6.07, 6.45) is 2.08. The number of hydrogen-bond acceptors (Lipinski definition) is 2. The van der Waals surface area contributed by atoms with Crippen molar-refractivity contribution in [3.8, 4) is 5.75 Å². The van der Waals surface area contributed by atoms with Crippen molar-refractivity contribution < 1.29 is 4.74 Å². The zero-order chi connectivity index (χ0) is 13.7. The molecule has 4 rings (SSSR count). The van der Waals surface area contributed by atoms with Crippen molar-refractivity contribution in [2.24, 2.45) is 0 Å². The van der Waals surface area contributed by atoms with Gasteiger partial charge < -0.3 is 9.30 Å². The van der Waals surface area contributed by atoms with Crippen LogP contribution in [0.3, 0.4) is 0 Å². The fourth-order valence-electron chi connectivity index (χ4n) is 3.28. The zero-order valence-electron chi connectivity index (χ0n) is 11.3. The third kappa shape index (κ3) is 1.43. The van der Waals surface area contributed by atoms with Crippen LogP contribution < -0.4 is 10.3 Å². The minimum absolute atomic E-state index is 0.0959. The van der Waals surface area contributed by atoms with E-state index in [0.29, 0.717) is 0 Å². The maximum absolute atomic E-state index is 12.7. The Bertz CT molecular complexity index is 893. The van der Waals surface area contributed by atoms with Crippen LogP contribution in [0.1, 0.15) is 12.0 Å². The number of methoxy groups -OCH3 is 1. The second-order valence-corrected chi connectivity index (χ2v) is 5.29. The molecule has 3 heteroatoms. The molecule has 100 valence electrons. The molecule has 2 heterocycles. The van der Waals surface area contributed by atoms with Crippen LogP contribution in [0.25, 0.3) is 21.7 Å². The van der Waals surface area contributed by atoms with Crippen molar-refractivity contribution in [3.05, 3.63) is 52.3 Å². The van der Waals surface area contributed by atoms with Gasteiger partial charge in [-0.1, -0.05) is 18.2 Å². The highest BCUT2D eigenvalue weighted by atomic mass is 16.5. The maximum Gasteiger partial charge on any atom is 0.259 e. The van der Waals surface area contributed by atoms with Gasteiger partial charge in [0, 0.05) is 11.9 Å². The summed E-state index contributed by atoms with van der Waals surface area (Å²) >= 11 is 0. The molecule has 20 heavy (non-hydrogen) atoms. The van der Waals surface area contributed by atoms with Gasteiger partial charge in [-0.05, 0) is 42.0 Å². The molecule has 0 aliphatic carbocycles. The van der Waals surface area contributed by atoms with Crippen LogP contribution in [0.4, 0.5) is 0 Å². The largest absolute Gasteiger partial charge is 0.497 e. The topological polar surface area (TPSA) is 31.2 Å². The SMILES string of the molecule is COc1ccc2c(c1)c(=O)n1c3c(cccc23)CCC1. The highest BCUT2D eigenvalue weighted by molar-refractivity contribution is 6.07. The van der Waals surface area contributed by atoms with E-state index in [9.17, 15) is 4.79 Å². The fourth-order valence-corrected chi connectivity index (χ4v) is 3.28. The van der Waals surface area contributed by atoms with Gasteiger partial charge >= 0.3 is 0 Å². The molecule has 0 radical (unpaired) electrons. The van der Waals surface area contributed by atoms with E-state index in [1.54, 1.807) is 7.11 Å². The Morgan fingerprint density at radius 2 is 2.00 bits per heavy atom. The van der Waals surface area contributed by atoms with Crippen LogP contribution in [-0.4, -0.2) is 11.7 Å². The molecule has 0 bridgehead atoms. The Morgan fingerprint density at radius 1 is 1.10 bits per heavy atom. The van der Waals surface area contributed by atoms with Crippen LogP contribution in [0, 0.1) is 0 Å². The second-order valence-electron chi connectivity index (χ2n) is 5.29. The number of aromatic nitrogens is 1. The first-order chi connectivity index (χ1) is 9.79. The Balaban J connectivity index is 2.27. The lowest BCUT2D eigenvalue weighted by Crippen LogP contribution is -2.24. The molecule has 3 aromatic rings. The van der Waals surface area contributed by atoms with Crippen molar-refractivity contribution in [2.45, 2.75) is 19.4 Å². The van der Waals surface area contributed by atoms with Gasteiger partial charge in [0.15, 0.2) is 0 Å². The van der Waals surface area contributed by atoms with Gasteiger partial charge in [0.2, 0.25) is 0 Å². The maximum atomic E-state index is 12.7. The minimum atomic E-state index is 0.0959. The Morgan fingerprint density at radius 3 is 2.85 bits per heavy atom. The smallest absolute Gasteiger partial charge is 0.259 e. The Kier molecular flexibility index (Phi) is 2.36. The first-order valence-corrected chi connectivity index (χ1v) is 6.92. The van der Waals surface area contributed by atoms with E-state index in [4.69, 9.17) is 4.74 Å². The van der Waals surface area contributed by atoms with Crippen molar-refractivity contribution in [1.82, 2.24) is 4.57 Å². The van der Waals surface area contributed by atoms with Crippen molar-refractivity contribution in [1.29, 1.82) is 0 Å². The summed E-state index contributed by atoms with van der Waals surface area (Å²) in [6.45, 7) is 0.805. The molecule has 1 aliphatic rings. The third-order valence-electron chi connectivity index (χ3n) is 4.21. The molecule has 0 unspecified atom stereocenters. The summed E-state index contributed by atoms with van der Waals surface area (Å²) in [5.74, 6) is 0.730. The molecule has 0 atom stereocenters. The second kappa shape index (κ2) is 4.10. The molecule has 0 spiro atoms. The quantitative estimate of drug-likeness (QED) is 0.633. The highest BCUT2D eigenvalue weighted by Crippen LogP contribution is 2.30. The summed E-state index contributed by atoms with van der Waals surface area (Å²) in [5.41, 5.74) is 2.49. The number of benzene rings is 2. The lowest BCUT2D eigenvalue weighted by atomic mass is 9.97. The van der Waals surface area contributed by atoms with E-state index in [1.165, 1.54) is 10.9 Å². The monoisotopic (exact) mass is 265 g/mol. The lowest BCUT2D eigenvalue weighted by molar-refractivity contribution is 0.415. The summed E-state index contributed by atoms with van der Waals surface area (Å²) in [4.78, 5) is 12.7. The molecule has 0 N–H and O–H groups in total. The van der Waals surface area contributed by atoms with E-state index in [-0.39, 0.29) is 5.56 Å². The van der Waals surface area contributed by atoms with Gasteiger partial charge in [-0.3, -0.25) is 4.79 Å². The Hall–Kier alpha value is -2.29. The van der Waals surface area contributed by atoms with Gasteiger partial charge in [0.25, 0.3) is 5.56 Å². The lowest BCUT2D eigenvalue weighted by Gasteiger charge is -2.20. The van der Waals surface area contributed by atoms with Gasteiger partial charge in [0.1, 0.15) is 5.75 Å². The summed E-state index contributed by atoms with van der Waals surface area (Å²) in [7, 11) is 1.63. The number of para-hydroxylation sites is 1. The Labute approximate surface area is 116 Å². The van der Waals surface area contributed by atoms with Crippen molar-refractivity contribution in [3.63, 3.8) is 0 Å². The molecular weight excluding hydrogens is 250 g/mol. The third-order valence-corrected chi connectivity index (χ3v) is 4.21. The standard InChI is InChI=1S/C17H15NO2/c1-20-12-7-8-13-14-6-2-4-11-5-3-9-18(16(11)14)17(19)15(13)10-12/h2,4,6-8,10H,3,5,9H2,1H3. The van der Waals surface area contributed by atoms with Crippen LogP contribution in [-0.2, 0) is 13.0 Å². The molecule has 3 nitrogen and oxygen atoms in total. The number of aryl methyl sites for hydroxylation is 2. The van der Waals surface area contributed by atoms with Crippen LogP contribution in [0.5, 0.6) is 5.75 Å². The number of nitrogens with zero attached hydrogens (tertiary/aromatic N) is 1. The number of rotatable bonds is 1. The average molecular weight is 265 g/mol. The molecule has 0 amide bonds. The van der Waals surface area contributed by atoms with Gasteiger partial charge in [-0.25, -0.2) is 0 Å². The summed E-state index contributed by atoms with van der Waals surface area (Å²) in [5, 5.41) is 2.93. The average Bonchev–Trinajstić information content (AvgIpc) is 2.51. The zero-order valence-corrected chi connectivity index (χ0v) is 11.3.